The van der Waals surface area contributed by atoms with E-state index in [9.17, 15) is 5.11 Å². The standard InChI is InChI=1S/C14H28O/c1-4-6-7-12(5-2)10-14(15)11(3)13-8-9-13/h11-15H,4-10H2,1-3H3. The third kappa shape index (κ3) is 4.55. The maximum atomic E-state index is 10.1. The van der Waals surface area contributed by atoms with Crippen molar-refractivity contribution in [2.45, 2.75) is 71.8 Å². The molecule has 0 heterocycles. The molecule has 1 saturated carbocycles. The van der Waals surface area contributed by atoms with E-state index in [-0.39, 0.29) is 6.10 Å². The fourth-order valence-corrected chi connectivity index (χ4v) is 2.47. The van der Waals surface area contributed by atoms with E-state index in [0.29, 0.717) is 5.92 Å². The highest BCUT2D eigenvalue weighted by molar-refractivity contribution is 4.83. The fraction of sp³-hybridized carbons (Fsp3) is 1.00. The number of hydrogen-bond acceptors (Lipinski definition) is 1. The molecule has 0 amide bonds. The second-order valence-electron chi connectivity index (χ2n) is 5.42. The lowest BCUT2D eigenvalue weighted by atomic mass is 9.87. The lowest BCUT2D eigenvalue weighted by molar-refractivity contribution is 0.0766. The van der Waals surface area contributed by atoms with Crippen LogP contribution in [0.4, 0.5) is 0 Å². The summed E-state index contributed by atoms with van der Waals surface area (Å²) in [6.45, 7) is 6.74. The summed E-state index contributed by atoms with van der Waals surface area (Å²) in [6.07, 6.45) is 8.84. The maximum Gasteiger partial charge on any atom is 0.0571 e. The molecule has 0 bridgehead atoms. The normalized spacial score (nSPS) is 22.4. The van der Waals surface area contributed by atoms with Crippen molar-refractivity contribution >= 4 is 0 Å². The van der Waals surface area contributed by atoms with Crippen LogP contribution in [0.3, 0.4) is 0 Å². The summed E-state index contributed by atoms with van der Waals surface area (Å²) in [4.78, 5) is 0. The molecule has 0 aromatic heterocycles. The molecule has 0 aliphatic heterocycles. The van der Waals surface area contributed by atoms with Crippen LogP contribution in [-0.4, -0.2) is 11.2 Å². The average Bonchev–Trinajstić information content (AvgIpc) is 3.06. The van der Waals surface area contributed by atoms with Crippen LogP contribution in [0.5, 0.6) is 0 Å². The number of aliphatic hydroxyl groups is 1. The predicted octanol–water partition coefficient (Wildman–Crippen LogP) is 4.00. The van der Waals surface area contributed by atoms with Crippen molar-refractivity contribution in [3.8, 4) is 0 Å². The maximum absolute atomic E-state index is 10.1. The largest absolute Gasteiger partial charge is 0.393 e. The van der Waals surface area contributed by atoms with Gasteiger partial charge in [-0.3, -0.25) is 0 Å². The van der Waals surface area contributed by atoms with Crippen molar-refractivity contribution in [1.82, 2.24) is 0 Å². The Hall–Kier alpha value is -0.0400. The number of unbranched alkanes of at least 4 members (excludes halogenated alkanes) is 1. The molecule has 1 heteroatoms. The Morgan fingerprint density at radius 3 is 2.40 bits per heavy atom. The Labute approximate surface area is 95.3 Å². The lowest BCUT2D eigenvalue weighted by Gasteiger charge is -2.23. The van der Waals surface area contributed by atoms with Crippen LogP contribution in [0.2, 0.25) is 0 Å². The predicted molar refractivity (Wildman–Crippen MR) is 65.8 cm³/mol. The zero-order valence-electron chi connectivity index (χ0n) is 10.7. The minimum Gasteiger partial charge on any atom is -0.393 e. The van der Waals surface area contributed by atoms with Gasteiger partial charge >= 0.3 is 0 Å². The molecule has 1 nitrogen and oxygen atoms in total. The van der Waals surface area contributed by atoms with Gasteiger partial charge in [-0.05, 0) is 37.0 Å². The average molecular weight is 212 g/mol. The Balaban J connectivity index is 2.22. The first-order chi connectivity index (χ1) is 7.19. The SMILES string of the molecule is CCCCC(CC)CC(O)C(C)C1CC1. The molecular weight excluding hydrogens is 184 g/mol. The first-order valence-corrected chi connectivity index (χ1v) is 6.87. The van der Waals surface area contributed by atoms with Crippen molar-refractivity contribution in [3.63, 3.8) is 0 Å². The molecule has 0 aromatic rings. The van der Waals surface area contributed by atoms with Crippen LogP contribution in [0.1, 0.15) is 65.7 Å². The van der Waals surface area contributed by atoms with E-state index in [1.807, 2.05) is 0 Å². The van der Waals surface area contributed by atoms with Gasteiger partial charge in [-0.2, -0.15) is 0 Å². The summed E-state index contributed by atoms with van der Waals surface area (Å²) in [7, 11) is 0. The van der Waals surface area contributed by atoms with Gasteiger partial charge in [0.1, 0.15) is 0 Å². The summed E-state index contributed by atoms with van der Waals surface area (Å²) < 4.78 is 0. The third-order valence-electron chi connectivity index (χ3n) is 4.09. The third-order valence-corrected chi connectivity index (χ3v) is 4.09. The first-order valence-electron chi connectivity index (χ1n) is 6.87. The molecule has 0 aromatic carbocycles. The summed E-state index contributed by atoms with van der Waals surface area (Å²) in [5, 5.41) is 10.1. The minimum atomic E-state index is -0.0423. The van der Waals surface area contributed by atoms with Crippen LogP contribution >= 0.6 is 0 Å². The molecule has 0 saturated heterocycles. The van der Waals surface area contributed by atoms with Crippen molar-refractivity contribution in [2.24, 2.45) is 17.8 Å². The number of hydrogen-bond donors (Lipinski definition) is 1. The van der Waals surface area contributed by atoms with E-state index in [1.54, 1.807) is 0 Å². The molecule has 0 radical (unpaired) electrons. The van der Waals surface area contributed by atoms with Gasteiger partial charge in [0.2, 0.25) is 0 Å². The molecule has 15 heavy (non-hydrogen) atoms. The number of rotatable bonds is 8. The second-order valence-corrected chi connectivity index (χ2v) is 5.42. The Bertz CT molecular complexity index is 163. The van der Waals surface area contributed by atoms with E-state index in [0.717, 1.165) is 18.3 Å². The van der Waals surface area contributed by atoms with Gasteiger partial charge in [0, 0.05) is 0 Å². The zero-order chi connectivity index (χ0) is 11.3. The van der Waals surface area contributed by atoms with Crippen LogP contribution in [0.25, 0.3) is 0 Å². The molecule has 1 aliphatic rings. The van der Waals surface area contributed by atoms with Crippen molar-refractivity contribution < 1.29 is 5.11 Å². The molecule has 3 unspecified atom stereocenters. The minimum absolute atomic E-state index is 0.0423. The van der Waals surface area contributed by atoms with E-state index in [4.69, 9.17) is 0 Å². The zero-order valence-corrected chi connectivity index (χ0v) is 10.7. The number of aliphatic hydroxyl groups excluding tert-OH is 1. The van der Waals surface area contributed by atoms with Gasteiger partial charge in [-0.15, -0.1) is 0 Å². The molecule has 0 spiro atoms. The van der Waals surface area contributed by atoms with Crippen LogP contribution in [0.15, 0.2) is 0 Å². The molecule has 90 valence electrons. The highest BCUT2D eigenvalue weighted by atomic mass is 16.3. The van der Waals surface area contributed by atoms with Crippen molar-refractivity contribution in [3.05, 3.63) is 0 Å². The summed E-state index contributed by atoms with van der Waals surface area (Å²) in [6, 6.07) is 0. The summed E-state index contributed by atoms with van der Waals surface area (Å²) >= 11 is 0. The van der Waals surface area contributed by atoms with E-state index >= 15 is 0 Å². The Morgan fingerprint density at radius 2 is 1.93 bits per heavy atom. The van der Waals surface area contributed by atoms with Gasteiger partial charge < -0.3 is 5.11 Å². The molecule has 3 atom stereocenters. The van der Waals surface area contributed by atoms with Crippen LogP contribution < -0.4 is 0 Å². The monoisotopic (exact) mass is 212 g/mol. The van der Waals surface area contributed by atoms with E-state index in [2.05, 4.69) is 20.8 Å². The van der Waals surface area contributed by atoms with Gasteiger partial charge in [0.25, 0.3) is 0 Å². The van der Waals surface area contributed by atoms with Crippen LogP contribution in [0, 0.1) is 17.8 Å². The topological polar surface area (TPSA) is 20.2 Å². The molecule has 1 fully saturated rings. The van der Waals surface area contributed by atoms with Gasteiger partial charge in [0.05, 0.1) is 6.10 Å². The quantitative estimate of drug-likeness (QED) is 0.645. The van der Waals surface area contributed by atoms with Gasteiger partial charge in [-0.1, -0.05) is 46.5 Å². The lowest BCUT2D eigenvalue weighted by Crippen LogP contribution is -2.22. The van der Waals surface area contributed by atoms with Crippen LogP contribution in [-0.2, 0) is 0 Å². The van der Waals surface area contributed by atoms with Gasteiger partial charge in [-0.25, -0.2) is 0 Å². The smallest absolute Gasteiger partial charge is 0.0571 e. The highest BCUT2D eigenvalue weighted by Gasteiger charge is 2.33. The van der Waals surface area contributed by atoms with E-state index < -0.39 is 0 Å². The molecule has 1 aliphatic carbocycles. The molecular formula is C14H28O. The highest BCUT2D eigenvalue weighted by Crippen LogP contribution is 2.39. The van der Waals surface area contributed by atoms with Crippen molar-refractivity contribution in [1.29, 1.82) is 0 Å². The van der Waals surface area contributed by atoms with E-state index in [1.165, 1.54) is 38.5 Å². The van der Waals surface area contributed by atoms with Crippen molar-refractivity contribution in [2.75, 3.05) is 0 Å². The Morgan fingerprint density at radius 1 is 1.27 bits per heavy atom. The molecule has 1 rings (SSSR count). The summed E-state index contributed by atoms with van der Waals surface area (Å²) in [5.41, 5.74) is 0. The first kappa shape index (κ1) is 13.0. The summed E-state index contributed by atoms with van der Waals surface area (Å²) in [5.74, 6) is 2.13. The molecule has 1 N–H and O–H groups in total. The van der Waals surface area contributed by atoms with Gasteiger partial charge in [0.15, 0.2) is 0 Å². The Kier molecular flexibility index (Phi) is 5.66. The fourth-order valence-electron chi connectivity index (χ4n) is 2.47. The second kappa shape index (κ2) is 6.52.